The molecule has 0 saturated heterocycles. The highest BCUT2D eigenvalue weighted by Crippen LogP contribution is 2.33. The van der Waals surface area contributed by atoms with Crippen molar-refractivity contribution in [3.05, 3.63) is 5.82 Å². The highest BCUT2D eigenvalue weighted by Gasteiger charge is 2.25. The van der Waals surface area contributed by atoms with Gasteiger partial charge in [-0.1, -0.05) is 31.5 Å². The maximum atomic E-state index is 4.46. The zero-order chi connectivity index (χ0) is 13.8. The first-order valence-electron chi connectivity index (χ1n) is 8.19. The lowest BCUT2D eigenvalue weighted by molar-refractivity contribution is 0.387. The fraction of sp³-hybridized carbons (Fsp3) is 0.867. The van der Waals surface area contributed by atoms with Crippen molar-refractivity contribution in [2.45, 2.75) is 81.3 Å². The van der Waals surface area contributed by atoms with E-state index in [1.165, 1.54) is 55.9 Å². The lowest BCUT2D eigenvalue weighted by atomic mass is 9.95. The van der Waals surface area contributed by atoms with Gasteiger partial charge in [-0.3, -0.25) is 0 Å². The fourth-order valence-corrected chi connectivity index (χ4v) is 4.74. The molecule has 1 fully saturated rings. The molecule has 1 aliphatic carbocycles. The molecule has 0 amide bonds. The van der Waals surface area contributed by atoms with Crippen LogP contribution in [0.15, 0.2) is 5.16 Å². The van der Waals surface area contributed by atoms with Crippen molar-refractivity contribution in [2.75, 3.05) is 6.54 Å². The molecule has 112 valence electrons. The van der Waals surface area contributed by atoms with Crippen molar-refractivity contribution in [3.8, 4) is 0 Å². The molecular formula is C15H26N4S. The van der Waals surface area contributed by atoms with E-state index < -0.39 is 0 Å². The van der Waals surface area contributed by atoms with Crippen LogP contribution in [-0.4, -0.2) is 32.6 Å². The zero-order valence-corrected chi connectivity index (χ0v) is 13.3. The summed E-state index contributed by atoms with van der Waals surface area (Å²) in [6.45, 7) is 4.41. The van der Waals surface area contributed by atoms with Gasteiger partial charge in [0.1, 0.15) is 5.82 Å². The number of hydrogen-bond donors (Lipinski definition) is 1. The van der Waals surface area contributed by atoms with Gasteiger partial charge in [0.2, 0.25) is 0 Å². The van der Waals surface area contributed by atoms with Crippen LogP contribution < -0.4 is 5.32 Å². The normalized spacial score (nSPS) is 27.1. The summed E-state index contributed by atoms with van der Waals surface area (Å²) < 4.78 is 2.38. The van der Waals surface area contributed by atoms with Crippen LogP contribution in [0.2, 0.25) is 0 Å². The molecule has 0 radical (unpaired) electrons. The van der Waals surface area contributed by atoms with E-state index in [0.29, 0.717) is 11.3 Å². The van der Waals surface area contributed by atoms with E-state index in [1.54, 1.807) is 0 Å². The molecule has 3 rings (SSSR count). The Morgan fingerprint density at radius 1 is 1.20 bits per heavy atom. The molecule has 1 saturated carbocycles. The van der Waals surface area contributed by atoms with Crippen LogP contribution >= 0.6 is 11.8 Å². The monoisotopic (exact) mass is 294 g/mol. The van der Waals surface area contributed by atoms with Crippen LogP contribution in [0.1, 0.15) is 57.7 Å². The Morgan fingerprint density at radius 2 is 2.15 bits per heavy atom. The largest absolute Gasteiger partial charge is 0.314 e. The van der Waals surface area contributed by atoms with Gasteiger partial charge >= 0.3 is 0 Å². The van der Waals surface area contributed by atoms with E-state index in [2.05, 4.69) is 27.0 Å². The molecule has 2 heterocycles. The summed E-state index contributed by atoms with van der Waals surface area (Å²) in [5.41, 5.74) is 0. The Balaban J connectivity index is 1.64. The van der Waals surface area contributed by atoms with Gasteiger partial charge in [-0.05, 0) is 38.6 Å². The maximum absolute atomic E-state index is 4.46. The molecule has 2 atom stereocenters. The Kier molecular flexibility index (Phi) is 4.99. The van der Waals surface area contributed by atoms with Crippen molar-refractivity contribution in [3.63, 3.8) is 0 Å². The second-order valence-corrected chi connectivity index (χ2v) is 7.29. The number of aromatic nitrogens is 3. The molecule has 20 heavy (non-hydrogen) atoms. The third-order valence-electron chi connectivity index (χ3n) is 4.47. The van der Waals surface area contributed by atoms with Gasteiger partial charge in [-0.15, -0.1) is 10.2 Å². The molecule has 5 heteroatoms. The lowest BCUT2D eigenvalue weighted by Crippen LogP contribution is -2.34. The number of fused-ring (bicyclic) bond motifs is 1. The second-order valence-electron chi connectivity index (χ2n) is 6.02. The van der Waals surface area contributed by atoms with Gasteiger partial charge in [-0.25, -0.2) is 0 Å². The third-order valence-corrected chi connectivity index (χ3v) is 5.74. The SMILES string of the molecule is CCNC1CCCC(Sc2nnc3n2CCCCC3)C1. The number of rotatable bonds is 4. The Bertz CT molecular complexity index is 430. The second kappa shape index (κ2) is 6.94. The van der Waals surface area contributed by atoms with Gasteiger partial charge < -0.3 is 9.88 Å². The first-order valence-corrected chi connectivity index (χ1v) is 9.07. The highest BCUT2D eigenvalue weighted by molar-refractivity contribution is 7.99. The number of nitrogens with one attached hydrogen (secondary N) is 1. The molecule has 0 bridgehead atoms. The summed E-state index contributed by atoms with van der Waals surface area (Å²) >= 11 is 1.97. The van der Waals surface area contributed by atoms with E-state index in [1.807, 2.05) is 11.8 Å². The Hall–Kier alpha value is -0.550. The van der Waals surface area contributed by atoms with Crippen LogP contribution in [0.3, 0.4) is 0 Å². The van der Waals surface area contributed by atoms with Crippen LogP contribution in [0.4, 0.5) is 0 Å². The molecule has 1 N–H and O–H groups in total. The Labute approximate surface area is 126 Å². The quantitative estimate of drug-likeness (QED) is 0.927. The molecule has 4 nitrogen and oxygen atoms in total. The average Bonchev–Trinajstić information content (AvgIpc) is 2.69. The number of thioether (sulfide) groups is 1. The Morgan fingerprint density at radius 3 is 3.05 bits per heavy atom. The first-order chi connectivity index (χ1) is 9.86. The van der Waals surface area contributed by atoms with Crippen molar-refractivity contribution < 1.29 is 0 Å². The van der Waals surface area contributed by atoms with Gasteiger partial charge in [-0.2, -0.15) is 0 Å². The van der Waals surface area contributed by atoms with Crippen molar-refractivity contribution in [1.29, 1.82) is 0 Å². The predicted octanol–water partition coefficient (Wildman–Crippen LogP) is 3.02. The topological polar surface area (TPSA) is 42.7 Å². The molecule has 2 aliphatic rings. The summed E-state index contributed by atoms with van der Waals surface area (Å²) in [5.74, 6) is 1.21. The van der Waals surface area contributed by atoms with E-state index in [-0.39, 0.29) is 0 Å². The molecule has 0 spiro atoms. The minimum Gasteiger partial charge on any atom is -0.314 e. The summed E-state index contributed by atoms with van der Waals surface area (Å²) in [5, 5.41) is 14.4. The summed E-state index contributed by atoms with van der Waals surface area (Å²) in [6.07, 6.45) is 10.3. The van der Waals surface area contributed by atoms with E-state index in [4.69, 9.17) is 0 Å². The molecule has 2 unspecified atom stereocenters. The molecular weight excluding hydrogens is 268 g/mol. The smallest absolute Gasteiger partial charge is 0.191 e. The van der Waals surface area contributed by atoms with E-state index in [9.17, 15) is 0 Å². The third kappa shape index (κ3) is 3.37. The standard InChI is InChI=1S/C15H26N4S/c1-2-16-12-7-6-8-13(11-12)20-15-18-17-14-9-4-3-5-10-19(14)15/h12-13,16H,2-11H2,1H3. The first kappa shape index (κ1) is 14.4. The molecule has 1 aliphatic heterocycles. The van der Waals surface area contributed by atoms with Crippen LogP contribution in [-0.2, 0) is 13.0 Å². The molecule has 0 aromatic carbocycles. The van der Waals surface area contributed by atoms with Crippen LogP contribution in [0.5, 0.6) is 0 Å². The van der Waals surface area contributed by atoms with Crippen LogP contribution in [0, 0.1) is 0 Å². The zero-order valence-electron chi connectivity index (χ0n) is 12.5. The van der Waals surface area contributed by atoms with Crippen molar-refractivity contribution in [1.82, 2.24) is 20.1 Å². The fourth-order valence-electron chi connectivity index (χ4n) is 3.42. The van der Waals surface area contributed by atoms with Gasteiger partial charge in [0.05, 0.1) is 0 Å². The van der Waals surface area contributed by atoms with Gasteiger partial charge in [0.25, 0.3) is 0 Å². The minimum atomic E-state index is 0.706. The number of aryl methyl sites for hydroxylation is 1. The van der Waals surface area contributed by atoms with E-state index >= 15 is 0 Å². The molecule has 1 aromatic rings. The summed E-state index contributed by atoms with van der Waals surface area (Å²) in [7, 11) is 0. The minimum absolute atomic E-state index is 0.706. The van der Waals surface area contributed by atoms with E-state index in [0.717, 1.165) is 19.5 Å². The average molecular weight is 294 g/mol. The van der Waals surface area contributed by atoms with Gasteiger partial charge in [0, 0.05) is 24.3 Å². The van der Waals surface area contributed by atoms with Gasteiger partial charge in [0.15, 0.2) is 5.16 Å². The summed E-state index contributed by atoms with van der Waals surface area (Å²) in [6, 6.07) is 0.706. The van der Waals surface area contributed by atoms with Crippen molar-refractivity contribution >= 4 is 11.8 Å². The number of hydrogen-bond acceptors (Lipinski definition) is 4. The molecule has 1 aromatic heterocycles. The van der Waals surface area contributed by atoms with Crippen LogP contribution in [0.25, 0.3) is 0 Å². The highest BCUT2D eigenvalue weighted by atomic mass is 32.2. The lowest BCUT2D eigenvalue weighted by Gasteiger charge is -2.28. The number of nitrogens with zero attached hydrogens (tertiary/aromatic N) is 3. The predicted molar refractivity (Wildman–Crippen MR) is 83.2 cm³/mol. The van der Waals surface area contributed by atoms with Crippen molar-refractivity contribution in [2.24, 2.45) is 0 Å². The summed E-state index contributed by atoms with van der Waals surface area (Å²) in [4.78, 5) is 0. The maximum Gasteiger partial charge on any atom is 0.191 e.